The van der Waals surface area contributed by atoms with Gasteiger partial charge in [0.25, 0.3) is 10.0 Å². The highest BCUT2D eigenvalue weighted by atomic mass is 32.2. The quantitative estimate of drug-likeness (QED) is 0.424. The van der Waals surface area contributed by atoms with Crippen molar-refractivity contribution >= 4 is 15.7 Å². The van der Waals surface area contributed by atoms with Crippen molar-refractivity contribution in [2.75, 3.05) is 4.72 Å². The lowest BCUT2D eigenvalue weighted by Crippen LogP contribution is -2.12. The number of hydrogen-bond acceptors (Lipinski definition) is 2. The maximum absolute atomic E-state index is 12.4. The first-order valence-corrected chi connectivity index (χ1v) is 11.7. The number of benzene rings is 2. The highest BCUT2D eigenvalue weighted by Crippen LogP contribution is 2.18. The molecule has 2 aromatic carbocycles. The summed E-state index contributed by atoms with van der Waals surface area (Å²) in [6.45, 7) is 4.19. The number of sulfonamides is 1. The topological polar surface area (TPSA) is 46.2 Å². The third kappa shape index (κ3) is 7.76. The third-order valence-corrected chi connectivity index (χ3v) is 6.25. The molecule has 1 N–H and O–H groups in total. The number of unbranched alkanes of at least 4 members (excludes halogenated alkanes) is 7. The van der Waals surface area contributed by atoms with Crippen molar-refractivity contribution in [1.29, 1.82) is 0 Å². The first-order valence-electron chi connectivity index (χ1n) is 10.2. The summed E-state index contributed by atoms with van der Waals surface area (Å²) in [5.41, 5.74) is 2.91. The first-order chi connectivity index (χ1) is 13.0. The fraction of sp³-hybridized carbons (Fsp3) is 0.478. The second-order valence-corrected chi connectivity index (χ2v) is 9.02. The molecular formula is C23H33NO2S. The van der Waals surface area contributed by atoms with Crippen LogP contribution in [0.3, 0.4) is 0 Å². The minimum atomic E-state index is -3.53. The smallest absolute Gasteiger partial charge is 0.261 e. The van der Waals surface area contributed by atoms with Crippen molar-refractivity contribution in [3.05, 3.63) is 59.7 Å². The van der Waals surface area contributed by atoms with E-state index in [2.05, 4.69) is 11.6 Å². The molecule has 2 rings (SSSR count). The molecule has 3 nitrogen and oxygen atoms in total. The van der Waals surface area contributed by atoms with Gasteiger partial charge in [-0.3, -0.25) is 4.72 Å². The number of aryl methyl sites for hydroxylation is 2. The Balaban J connectivity index is 1.75. The van der Waals surface area contributed by atoms with E-state index in [1.807, 2.05) is 43.3 Å². The molecule has 0 fully saturated rings. The van der Waals surface area contributed by atoms with Gasteiger partial charge < -0.3 is 0 Å². The average molecular weight is 388 g/mol. The van der Waals surface area contributed by atoms with E-state index in [1.165, 1.54) is 56.9 Å². The lowest BCUT2D eigenvalue weighted by molar-refractivity contribution is 0.575. The molecule has 2 aromatic rings. The molecule has 0 radical (unpaired) electrons. The number of rotatable bonds is 12. The summed E-state index contributed by atoms with van der Waals surface area (Å²) < 4.78 is 27.5. The molecule has 0 spiro atoms. The van der Waals surface area contributed by atoms with Gasteiger partial charge in [0.05, 0.1) is 4.90 Å². The van der Waals surface area contributed by atoms with Crippen molar-refractivity contribution < 1.29 is 8.42 Å². The van der Waals surface area contributed by atoms with Gasteiger partial charge in [-0.25, -0.2) is 8.42 Å². The summed E-state index contributed by atoms with van der Waals surface area (Å²) in [5, 5.41) is 0. The van der Waals surface area contributed by atoms with Crippen molar-refractivity contribution in [3.8, 4) is 0 Å². The van der Waals surface area contributed by atoms with E-state index in [1.54, 1.807) is 12.1 Å². The summed E-state index contributed by atoms with van der Waals surface area (Å²) >= 11 is 0. The molecule has 0 aliphatic carbocycles. The minimum Gasteiger partial charge on any atom is -0.280 e. The molecule has 27 heavy (non-hydrogen) atoms. The molecule has 0 aliphatic rings. The Labute approximate surface area is 165 Å². The van der Waals surface area contributed by atoms with Crippen LogP contribution in [-0.2, 0) is 16.4 Å². The lowest BCUT2D eigenvalue weighted by Gasteiger charge is -2.09. The molecular weight excluding hydrogens is 354 g/mol. The second-order valence-electron chi connectivity index (χ2n) is 7.34. The van der Waals surface area contributed by atoms with E-state index >= 15 is 0 Å². The SMILES string of the molecule is CCCCCCCCCCc1ccc(NS(=O)(=O)c2ccc(C)cc2)cc1. The van der Waals surface area contributed by atoms with Crippen LogP contribution in [0, 0.1) is 6.92 Å². The van der Waals surface area contributed by atoms with E-state index in [-0.39, 0.29) is 4.90 Å². The van der Waals surface area contributed by atoms with Crippen molar-refractivity contribution in [2.24, 2.45) is 0 Å². The molecule has 0 saturated heterocycles. The standard InChI is InChI=1S/C23H33NO2S/c1-3-4-5-6-7-8-9-10-11-21-14-16-22(17-15-21)24-27(25,26)23-18-12-20(2)13-19-23/h12-19,24H,3-11H2,1-2H3. The van der Waals surface area contributed by atoms with E-state index in [9.17, 15) is 8.42 Å². The van der Waals surface area contributed by atoms with Crippen LogP contribution in [-0.4, -0.2) is 8.42 Å². The number of hydrogen-bond donors (Lipinski definition) is 1. The number of nitrogens with one attached hydrogen (secondary N) is 1. The first kappa shape index (κ1) is 21.5. The van der Waals surface area contributed by atoms with Crippen LogP contribution in [0.5, 0.6) is 0 Å². The minimum absolute atomic E-state index is 0.288. The van der Waals surface area contributed by atoms with Crippen LogP contribution in [0.25, 0.3) is 0 Å². The van der Waals surface area contributed by atoms with Crippen molar-refractivity contribution in [1.82, 2.24) is 0 Å². The van der Waals surface area contributed by atoms with E-state index in [4.69, 9.17) is 0 Å². The highest BCUT2D eigenvalue weighted by molar-refractivity contribution is 7.92. The van der Waals surface area contributed by atoms with Gasteiger partial charge in [-0.1, -0.05) is 81.7 Å². The molecule has 0 saturated carbocycles. The molecule has 0 unspecified atom stereocenters. The lowest BCUT2D eigenvalue weighted by atomic mass is 10.0. The molecule has 0 amide bonds. The van der Waals surface area contributed by atoms with Crippen molar-refractivity contribution in [3.63, 3.8) is 0 Å². The average Bonchev–Trinajstić information content (AvgIpc) is 2.65. The molecule has 0 heterocycles. The Kier molecular flexibility index (Phi) is 8.86. The zero-order valence-electron chi connectivity index (χ0n) is 16.7. The summed E-state index contributed by atoms with van der Waals surface area (Å²) in [6, 6.07) is 14.6. The van der Waals surface area contributed by atoms with Gasteiger partial charge in [0.15, 0.2) is 0 Å². The summed E-state index contributed by atoms with van der Waals surface area (Å²) in [4.78, 5) is 0.288. The van der Waals surface area contributed by atoms with Gasteiger partial charge in [0, 0.05) is 5.69 Å². The fourth-order valence-electron chi connectivity index (χ4n) is 3.13. The largest absolute Gasteiger partial charge is 0.280 e. The Morgan fingerprint density at radius 3 is 1.89 bits per heavy atom. The van der Waals surface area contributed by atoms with Crippen molar-refractivity contribution in [2.45, 2.75) is 76.5 Å². The summed E-state index contributed by atoms with van der Waals surface area (Å²) in [5.74, 6) is 0. The Morgan fingerprint density at radius 2 is 1.30 bits per heavy atom. The van der Waals surface area contributed by atoms with E-state index in [0.717, 1.165) is 12.0 Å². The van der Waals surface area contributed by atoms with Crippen LogP contribution in [0.2, 0.25) is 0 Å². The number of anilines is 1. The maximum atomic E-state index is 12.4. The monoisotopic (exact) mass is 387 g/mol. The van der Waals surface area contributed by atoms with Gasteiger partial charge in [0.1, 0.15) is 0 Å². The second kappa shape index (κ2) is 11.1. The van der Waals surface area contributed by atoms with Gasteiger partial charge in [0.2, 0.25) is 0 Å². The van der Waals surface area contributed by atoms with Gasteiger partial charge in [-0.2, -0.15) is 0 Å². The molecule has 0 aliphatic heterocycles. The third-order valence-electron chi connectivity index (χ3n) is 4.86. The molecule has 0 bridgehead atoms. The summed E-state index contributed by atoms with van der Waals surface area (Å²) in [7, 11) is -3.53. The Hall–Kier alpha value is -1.81. The van der Waals surface area contributed by atoms with Gasteiger partial charge >= 0.3 is 0 Å². The highest BCUT2D eigenvalue weighted by Gasteiger charge is 2.13. The predicted octanol–water partition coefficient (Wildman–Crippen LogP) is 6.48. The van der Waals surface area contributed by atoms with Crippen LogP contribution < -0.4 is 4.72 Å². The predicted molar refractivity (Wildman–Crippen MR) is 115 cm³/mol. The molecule has 4 heteroatoms. The van der Waals surface area contributed by atoms with Gasteiger partial charge in [-0.05, 0) is 49.6 Å². The normalized spacial score (nSPS) is 11.5. The van der Waals surface area contributed by atoms with E-state index < -0.39 is 10.0 Å². The van der Waals surface area contributed by atoms with E-state index in [0.29, 0.717) is 5.69 Å². The molecule has 0 atom stereocenters. The van der Waals surface area contributed by atoms with Crippen LogP contribution >= 0.6 is 0 Å². The zero-order valence-corrected chi connectivity index (χ0v) is 17.5. The van der Waals surface area contributed by atoms with Gasteiger partial charge in [-0.15, -0.1) is 0 Å². The van der Waals surface area contributed by atoms with Crippen LogP contribution in [0.15, 0.2) is 53.4 Å². The Bertz CT molecular complexity index is 765. The van der Waals surface area contributed by atoms with Crippen LogP contribution in [0.1, 0.15) is 69.4 Å². The Morgan fingerprint density at radius 1 is 0.741 bits per heavy atom. The summed E-state index contributed by atoms with van der Waals surface area (Å²) in [6.07, 6.45) is 11.6. The maximum Gasteiger partial charge on any atom is 0.261 e. The molecule has 0 aromatic heterocycles. The van der Waals surface area contributed by atoms with Crippen LogP contribution in [0.4, 0.5) is 5.69 Å². The fourth-order valence-corrected chi connectivity index (χ4v) is 4.19. The zero-order chi connectivity index (χ0) is 19.5. The molecule has 148 valence electrons.